The first-order valence-electron chi connectivity index (χ1n) is 10.3. The zero-order valence-electron chi connectivity index (χ0n) is 17.5. The second-order valence-electron chi connectivity index (χ2n) is 7.62. The third-order valence-electron chi connectivity index (χ3n) is 5.28. The number of benzene rings is 2. The van der Waals surface area contributed by atoms with E-state index < -0.39 is 16.1 Å². The molecule has 1 atom stereocenters. The van der Waals surface area contributed by atoms with Gasteiger partial charge in [-0.25, -0.2) is 8.42 Å². The van der Waals surface area contributed by atoms with Crippen molar-refractivity contribution in [3.8, 4) is 5.75 Å². The van der Waals surface area contributed by atoms with Crippen molar-refractivity contribution in [1.29, 1.82) is 0 Å². The third kappa shape index (κ3) is 5.88. The van der Waals surface area contributed by atoms with Gasteiger partial charge in [-0.3, -0.25) is 4.79 Å². The summed E-state index contributed by atoms with van der Waals surface area (Å²) in [7, 11) is -3.76. The molecule has 1 amide bonds. The van der Waals surface area contributed by atoms with Gasteiger partial charge >= 0.3 is 0 Å². The van der Waals surface area contributed by atoms with Crippen LogP contribution in [0.5, 0.6) is 5.75 Å². The van der Waals surface area contributed by atoms with Crippen molar-refractivity contribution in [2.45, 2.75) is 36.2 Å². The molecule has 33 heavy (non-hydrogen) atoms. The fraction of sp³-hybridized carbons (Fsp3) is 0.261. The molecule has 1 fully saturated rings. The minimum absolute atomic E-state index is 0.150. The van der Waals surface area contributed by atoms with Crippen LogP contribution in [0.25, 0.3) is 0 Å². The largest absolute Gasteiger partial charge is 0.489 e. The maximum absolute atomic E-state index is 13.0. The summed E-state index contributed by atoms with van der Waals surface area (Å²) < 4.78 is 33.6. The Hall–Kier alpha value is -2.10. The predicted molar refractivity (Wildman–Crippen MR) is 130 cm³/mol. The van der Waals surface area contributed by atoms with Crippen molar-refractivity contribution in [2.75, 3.05) is 6.54 Å². The summed E-state index contributed by atoms with van der Waals surface area (Å²) in [5, 5.41) is 3.52. The molecule has 3 aromatic rings. The van der Waals surface area contributed by atoms with Gasteiger partial charge in [-0.05, 0) is 60.4 Å². The minimum Gasteiger partial charge on any atom is -0.489 e. The molecule has 10 heteroatoms. The van der Waals surface area contributed by atoms with Crippen molar-refractivity contribution >= 4 is 50.5 Å². The van der Waals surface area contributed by atoms with Crippen molar-refractivity contribution in [2.24, 2.45) is 0 Å². The Morgan fingerprint density at radius 3 is 2.64 bits per heavy atom. The Morgan fingerprint density at radius 2 is 1.88 bits per heavy atom. The van der Waals surface area contributed by atoms with Crippen LogP contribution in [0.3, 0.4) is 0 Å². The molecule has 1 aliphatic heterocycles. The van der Waals surface area contributed by atoms with Crippen LogP contribution in [0.15, 0.2) is 64.9 Å². The van der Waals surface area contributed by atoms with Crippen molar-refractivity contribution in [3.05, 3.63) is 81.1 Å². The highest BCUT2D eigenvalue weighted by atomic mass is 35.5. The second kappa shape index (κ2) is 10.4. The Kier molecular flexibility index (Phi) is 7.61. The van der Waals surface area contributed by atoms with Crippen molar-refractivity contribution < 1.29 is 17.9 Å². The number of sulfonamides is 1. The van der Waals surface area contributed by atoms with E-state index in [4.69, 9.17) is 27.9 Å². The molecular formula is C23H22Cl2N2O4S2. The van der Waals surface area contributed by atoms with Gasteiger partial charge in [0, 0.05) is 18.1 Å². The van der Waals surface area contributed by atoms with E-state index in [9.17, 15) is 13.2 Å². The molecule has 0 radical (unpaired) electrons. The van der Waals surface area contributed by atoms with Gasteiger partial charge in [-0.2, -0.15) is 4.31 Å². The molecular weight excluding hydrogens is 503 g/mol. The van der Waals surface area contributed by atoms with Gasteiger partial charge < -0.3 is 10.1 Å². The highest BCUT2D eigenvalue weighted by Crippen LogP contribution is 2.32. The first-order valence-corrected chi connectivity index (χ1v) is 13.4. The average molecular weight is 525 g/mol. The van der Waals surface area contributed by atoms with Gasteiger partial charge in [0.05, 0.1) is 4.34 Å². The smallest absolute Gasteiger partial charge is 0.253 e. The third-order valence-corrected chi connectivity index (χ3v) is 9.12. The molecule has 174 valence electrons. The lowest BCUT2D eigenvalue weighted by atomic mass is 10.2. The second-order valence-corrected chi connectivity index (χ2v) is 11.9. The lowest BCUT2D eigenvalue weighted by Crippen LogP contribution is -2.45. The highest BCUT2D eigenvalue weighted by molar-refractivity contribution is 7.91. The first-order chi connectivity index (χ1) is 15.8. The normalized spacial score (nSPS) is 16.6. The summed E-state index contributed by atoms with van der Waals surface area (Å²) in [5.74, 6) is 0.352. The number of hydrogen-bond donors (Lipinski definition) is 1. The van der Waals surface area contributed by atoms with Crippen LogP contribution in [0.1, 0.15) is 24.0 Å². The number of nitrogens with one attached hydrogen (secondary N) is 1. The molecule has 4 rings (SSSR count). The number of ether oxygens (including phenoxy) is 1. The van der Waals surface area contributed by atoms with Crippen LogP contribution < -0.4 is 10.1 Å². The van der Waals surface area contributed by atoms with E-state index in [0.29, 0.717) is 41.1 Å². The Balaban J connectivity index is 1.36. The highest BCUT2D eigenvalue weighted by Gasteiger charge is 2.40. The van der Waals surface area contributed by atoms with Crippen molar-refractivity contribution in [3.63, 3.8) is 0 Å². The number of nitrogens with zero attached hydrogens (tertiary/aromatic N) is 1. The Bertz CT molecular complexity index is 1250. The quantitative estimate of drug-likeness (QED) is 0.444. The molecule has 1 aliphatic rings. The maximum atomic E-state index is 13.0. The average Bonchev–Trinajstić information content (AvgIpc) is 3.47. The van der Waals surface area contributed by atoms with E-state index in [1.807, 2.05) is 42.5 Å². The minimum atomic E-state index is -3.76. The van der Waals surface area contributed by atoms with Crippen LogP contribution in [-0.2, 0) is 28.0 Å². The van der Waals surface area contributed by atoms with E-state index >= 15 is 0 Å². The topological polar surface area (TPSA) is 75.7 Å². The van der Waals surface area contributed by atoms with E-state index in [0.717, 1.165) is 22.5 Å². The zero-order chi connectivity index (χ0) is 23.4. The number of halogens is 2. The Morgan fingerprint density at radius 1 is 1.09 bits per heavy atom. The van der Waals surface area contributed by atoms with Crippen LogP contribution >= 0.6 is 34.5 Å². The van der Waals surface area contributed by atoms with E-state index in [-0.39, 0.29) is 16.7 Å². The molecule has 2 aromatic carbocycles. The van der Waals surface area contributed by atoms with Crippen LogP contribution in [0, 0.1) is 0 Å². The molecule has 2 heterocycles. The van der Waals surface area contributed by atoms with E-state index in [1.165, 1.54) is 10.4 Å². The predicted octanol–water partition coefficient (Wildman–Crippen LogP) is 5.10. The molecule has 0 spiro atoms. The zero-order valence-corrected chi connectivity index (χ0v) is 20.7. The first kappa shape index (κ1) is 24.0. The van der Waals surface area contributed by atoms with Gasteiger partial charge in [0.1, 0.15) is 22.6 Å². The summed E-state index contributed by atoms with van der Waals surface area (Å²) in [6.07, 6.45) is 1.11. The number of thiophene rings is 1. The monoisotopic (exact) mass is 524 g/mol. The fourth-order valence-corrected chi connectivity index (χ4v) is 7.17. The van der Waals surface area contributed by atoms with Crippen molar-refractivity contribution in [1.82, 2.24) is 9.62 Å². The molecule has 0 bridgehead atoms. The maximum Gasteiger partial charge on any atom is 0.253 e. The van der Waals surface area contributed by atoms with E-state index in [1.54, 1.807) is 12.1 Å². The van der Waals surface area contributed by atoms with Gasteiger partial charge in [-0.1, -0.05) is 47.5 Å². The van der Waals surface area contributed by atoms with Crippen LogP contribution in [0.4, 0.5) is 0 Å². The molecule has 6 nitrogen and oxygen atoms in total. The molecule has 0 saturated carbocycles. The van der Waals surface area contributed by atoms with Crippen LogP contribution in [0.2, 0.25) is 9.36 Å². The lowest BCUT2D eigenvalue weighted by molar-refractivity contribution is -0.124. The van der Waals surface area contributed by atoms with Gasteiger partial charge in [0.25, 0.3) is 10.0 Å². The number of rotatable bonds is 8. The molecule has 1 saturated heterocycles. The SMILES string of the molecule is O=C(NCc1cccc(OCc2cccc(Cl)c2)c1)C1CCCN1S(=O)(=O)c1ccc(Cl)s1. The molecule has 0 aliphatic carbocycles. The summed E-state index contributed by atoms with van der Waals surface area (Å²) in [6.45, 7) is 0.948. The fourth-order valence-electron chi connectivity index (χ4n) is 3.69. The molecule has 1 unspecified atom stereocenters. The number of hydrogen-bond acceptors (Lipinski definition) is 5. The van der Waals surface area contributed by atoms with Gasteiger partial charge in [0.15, 0.2) is 0 Å². The summed E-state index contributed by atoms with van der Waals surface area (Å²) >= 11 is 12.9. The van der Waals surface area contributed by atoms with Gasteiger partial charge in [-0.15, -0.1) is 11.3 Å². The Labute approximate surface area is 207 Å². The standard InChI is InChI=1S/C23H22Cl2N2O4S2/c24-18-6-1-5-17(12-18)15-31-19-7-2-4-16(13-19)14-26-23(28)20-8-3-11-27(20)33(29,30)22-10-9-21(25)32-22/h1-2,4-7,9-10,12-13,20H,3,8,11,14-15H2,(H,26,28). The van der Waals surface area contributed by atoms with Gasteiger partial charge in [0.2, 0.25) is 5.91 Å². The molecule has 1 N–H and O–H groups in total. The summed E-state index contributed by atoms with van der Waals surface area (Å²) in [4.78, 5) is 12.9. The summed E-state index contributed by atoms with van der Waals surface area (Å²) in [6, 6.07) is 17.2. The number of amides is 1. The van der Waals surface area contributed by atoms with Crippen LogP contribution in [-0.4, -0.2) is 31.2 Å². The van der Waals surface area contributed by atoms with E-state index in [2.05, 4.69) is 5.32 Å². The summed E-state index contributed by atoms with van der Waals surface area (Å²) in [5.41, 5.74) is 1.81. The molecule has 1 aromatic heterocycles. The lowest BCUT2D eigenvalue weighted by Gasteiger charge is -2.22. The number of carbonyl (C=O) groups is 1. The number of carbonyl (C=O) groups excluding carboxylic acids is 1.